The minimum atomic E-state index is -3.82. The molecule has 7 nitrogen and oxygen atoms in total. The van der Waals surface area contributed by atoms with E-state index in [0.717, 1.165) is 37.5 Å². The molecule has 0 aromatic heterocycles. The molecule has 1 heterocycles. The highest BCUT2D eigenvalue weighted by Crippen LogP contribution is 2.24. The van der Waals surface area contributed by atoms with Crippen molar-refractivity contribution in [1.29, 1.82) is 0 Å². The van der Waals surface area contributed by atoms with Gasteiger partial charge in [-0.05, 0) is 56.2 Å². The number of nitrogens with zero attached hydrogens (tertiary/aromatic N) is 2. The Bertz CT molecular complexity index is 1100. The standard InChI is InChI=1S/C20H21ClFN3O4S/c1-13(16-11-14(21)5-8-19(16)26)23-24-20(27)17-12-15(6-7-18(17)22)30(28,29)25-9-3-2-4-10-25/h5-8,11-12,26H,2-4,9-10H2,1H3,(H,24,27)/b23-13+. The number of phenolic OH excluding ortho intramolecular Hbond substituents is 1. The summed E-state index contributed by atoms with van der Waals surface area (Å²) in [5, 5.41) is 14.1. The molecule has 1 aliphatic heterocycles. The van der Waals surface area contributed by atoms with E-state index in [2.05, 4.69) is 10.5 Å². The van der Waals surface area contributed by atoms with Crippen molar-refractivity contribution >= 4 is 33.2 Å². The number of hydrogen-bond acceptors (Lipinski definition) is 5. The Labute approximate surface area is 179 Å². The summed E-state index contributed by atoms with van der Waals surface area (Å²) in [6.07, 6.45) is 2.48. The Kier molecular flexibility index (Phi) is 6.74. The van der Waals surface area contributed by atoms with Gasteiger partial charge in [-0.15, -0.1) is 0 Å². The Morgan fingerprint density at radius 2 is 1.83 bits per heavy atom. The van der Waals surface area contributed by atoms with Gasteiger partial charge in [-0.1, -0.05) is 18.0 Å². The highest BCUT2D eigenvalue weighted by molar-refractivity contribution is 7.89. The maximum absolute atomic E-state index is 14.2. The molecule has 0 bridgehead atoms. The van der Waals surface area contributed by atoms with Crippen LogP contribution in [0.5, 0.6) is 5.75 Å². The lowest BCUT2D eigenvalue weighted by Crippen LogP contribution is -2.35. The molecule has 3 rings (SSSR count). The molecule has 1 saturated heterocycles. The Balaban J connectivity index is 1.84. The minimum Gasteiger partial charge on any atom is -0.507 e. The molecule has 30 heavy (non-hydrogen) atoms. The number of carbonyl (C=O) groups is 1. The predicted molar refractivity (Wildman–Crippen MR) is 112 cm³/mol. The minimum absolute atomic E-state index is 0.0873. The second kappa shape index (κ2) is 9.11. The zero-order chi connectivity index (χ0) is 21.9. The van der Waals surface area contributed by atoms with Crippen molar-refractivity contribution in [3.8, 4) is 5.75 Å². The molecule has 10 heteroatoms. The van der Waals surface area contributed by atoms with Crippen LogP contribution in [0.3, 0.4) is 0 Å². The molecule has 0 radical (unpaired) electrons. The molecule has 0 atom stereocenters. The SMILES string of the molecule is C/C(=N\NC(=O)c1cc(S(=O)(=O)N2CCCCC2)ccc1F)c1cc(Cl)ccc1O. The summed E-state index contributed by atoms with van der Waals surface area (Å²) in [6.45, 7) is 2.32. The first-order valence-electron chi connectivity index (χ1n) is 9.33. The summed E-state index contributed by atoms with van der Waals surface area (Å²) in [5.41, 5.74) is 2.28. The zero-order valence-electron chi connectivity index (χ0n) is 16.2. The number of halogens is 2. The first kappa shape index (κ1) is 22.2. The first-order valence-corrected chi connectivity index (χ1v) is 11.1. The number of phenols is 1. The molecule has 2 aromatic carbocycles. The Hall–Kier alpha value is -2.49. The van der Waals surface area contributed by atoms with E-state index in [4.69, 9.17) is 11.6 Å². The molecule has 160 valence electrons. The number of hydrogen-bond donors (Lipinski definition) is 2. The summed E-state index contributed by atoms with van der Waals surface area (Å²) in [6, 6.07) is 7.45. The third-order valence-electron chi connectivity index (χ3n) is 4.81. The van der Waals surface area contributed by atoms with Gasteiger partial charge < -0.3 is 5.11 Å². The van der Waals surface area contributed by atoms with E-state index in [-0.39, 0.29) is 16.4 Å². The average molecular weight is 454 g/mol. The molecule has 2 aromatic rings. The topological polar surface area (TPSA) is 99.1 Å². The van der Waals surface area contributed by atoms with Gasteiger partial charge in [0, 0.05) is 23.7 Å². The van der Waals surface area contributed by atoms with Gasteiger partial charge in [-0.3, -0.25) is 4.79 Å². The lowest BCUT2D eigenvalue weighted by atomic mass is 10.1. The van der Waals surface area contributed by atoms with E-state index in [1.807, 2.05) is 0 Å². The predicted octanol–water partition coefficient (Wildman–Crippen LogP) is 3.51. The van der Waals surface area contributed by atoms with Crippen LogP contribution in [-0.4, -0.2) is 42.5 Å². The van der Waals surface area contributed by atoms with Crippen LogP contribution in [0.2, 0.25) is 5.02 Å². The van der Waals surface area contributed by atoms with Gasteiger partial charge in [-0.25, -0.2) is 18.2 Å². The smallest absolute Gasteiger partial charge is 0.274 e. The van der Waals surface area contributed by atoms with Gasteiger partial charge in [0.15, 0.2) is 0 Å². The maximum atomic E-state index is 14.2. The van der Waals surface area contributed by atoms with Crippen molar-refractivity contribution in [1.82, 2.24) is 9.73 Å². The van der Waals surface area contributed by atoms with Crippen LogP contribution < -0.4 is 5.43 Å². The maximum Gasteiger partial charge on any atom is 0.274 e. The molecule has 1 fully saturated rings. The van der Waals surface area contributed by atoms with E-state index in [1.165, 1.54) is 29.4 Å². The fourth-order valence-corrected chi connectivity index (χ4v) is 4.86. The molecule has 0 spiro atoms. The van der Waals surface area contributed by atoms with Crippen LogP contribution in [0, 0.1) is 5.82 Å². The van der Waals surface area contributed by atoms with Crippen LogP contribution in [0.25, 0.3) is 0 Å². The van der Waals surface area contributed by atoms with Crippen LogP contribution in [0.15, 0.2) is 46.4 Å². The highest BCUT2D eigenvalue weighted by atomic mass is 35.5. The van der Waals surface area contributed by atoms with Gasteiger partial charge in [-0.2, -0.15) is 9.41 Å². The van der Waals surface area contributed by atoms with Crippen molar-refractivity contribution in [2.45, 2.75) is 31.1 Å². The Morgan fingerprint density at radius 3 is 2.53 bits per heavy atom. The van der Waals surface area contributed by atoms with Crippen molar-refractivity contribution in [2.75, 3.05) is 13.1 Å². The van der Waals surface area contributed by atoms with Crippen LogP contribution in [0.1, 0.15) is 42.1 Å². The number of carbonyl (C=O) groups excluding carboxylic acids is 1. The number of hydrazone groups is 1. The molecule has 0 unspecified atom stereocenters. The lowest BCUT2D eigenvalue weighted by Gasteiger charge is -2.26. The summed E-state index contributed by atoms with van der Waals surface area (Å²) < 4.78 is 41.2. The number of piperidine rings is 1. The number of aromatic hydroxyl groups is 1. The van der Waals surface area contributed by atoms with E-state index in [9.17, 15) is 22.7 Å². The van der Waals surface area contributed by atoms with Crippen LogP contribution >= 0.6 is 11.6 Å². The number of rotatable bonds is 5. The van der Waals surface area contributed by atoms with E-state index >= 15 is 0 Å². The van der Waals surface area contributed by atoms with E-state index in [1.54, 1.807) is 0 Å². The van der Waals surface area contributed by atoms with Gasteiger partial charge in [0.2, 0.25) is 10.0 Å². The monoisotopic (exact) mass is 453 g/mol. The molecule has 1 amide bonds. The third kappa shape index (κ3) is 4.80. The summed E-state index contributed by atoms with van der Waals surface area (Å²) in [7, 11) is -3.82. The van der Waals surface area contributed by atoms with Gasteiger partial charge in [0.1, 0.15) is 11.6 Å². The summed E-state index contributed by atoms with van der Waals surface area (Å²) in [4.78, 5) is 12.3. The quantitative estimate of drug-likeness (QED) is 0.534. The van der Waals surface area contributed by atoms with Crippen molar-refractivity contribution < 1.29 is 22.7 Å². The zero-order valence-corrected chi connectivity index (χ0v) is 17.8. The van der Waals surface area contributed by atoms with Crippen LogP contribution in [-0.2, 0) is 10.0 Å². The van der Waals surface area contributed by atoms with E-state index in [0.29, 0.717) is 23.7 Å². The van der Waals surface area contributed by atoms with E-state index < -0.39 is 27.3 Å². The van der Waals surface area contributed by atoms with Crippen molar-refractivity contribution in [2.24, 2.45) is 5.10 Å². The van der Waals surface area contributed by atoms with Crippen molar-refractivity contribution in [3.63, 3.8) is 0 Å². The fraction of sp³-hybridized carbons (Fsp3) is 0.300. The molecule has 0 saturated carbocycles. The fourth-order valence-electron chi connectivity index (χ4n) is 3.15. The molecule has 1 aliphatic rings. The molecule has 0 aliphatic carbocycles. The Morgan fingerprint density at radius 1 is 1.13 bits per heavy atom. The van der Waals surface area contributed by atoms with Gasteiger partial charge in [0.05, 0.1) is 16.2 Å². The molecular weight excluding hydrogens is 433 g/mol. The average Bonchev–Trinajstić information content (AvgIpc) is 2.74. The second-order valence-corrected chi connectivity index (χ2v) is 9.28. The third-order valence-corrected chi connectivity index (χ3v) is 6.94. The number of nitrogens with one attached hydrogen (secondary N) is 1. The molecule has 2 N–H and O–H groups in total. The van der Waals surface area contributed by atoms with Crippen LogP contribution in [0.4, 0.5) is 4.39 Å². The normalized spacial score (nSPS) is 15.8. The number of sulfonamides is 1. The number of amides is 1. The molecular formula is C20H21ClFN3O4S. The van der Waals surface area contributed by atoms with Gasteiger partial charge in [0.25, 0.3) is 5.91 Å². The largest absolute Gasteiger partial charge is 0.507 e. The highest BCUT2D eigenvalue weighted by Gasteiger charge is 2.27. The lowest BCUT2D eigenvalue weighted by molar-refractivity contribution is 0.0950. The first-order chi connectivity index (χ1) is 14.2. The second-order valence-electron chi connectivity index (χ2n) is 6.91. The van der Waals surface area contributed by atoms with Crippen molar-refractivity contribution in [3.05, 3.63) is 58.4 Å². The summed E-state index contributed by atoms with van der Waals surface area (Å²) >= 11 is 5.90. The number of benzene rings is 2. The van der Waals surface area contributed by atoms with Gasteiger partial charge >= 0.3 is 0 Å². The summed E-state index contributed by atoms with van der Waals surface area (Å²) in [5.74, 6) is -1.87.